The summed E-state index contributed by atoms with van der Waals surface area (Å²) in [6, 6.07) is 4.89. The quantitative estimate of drug-likeness (QED) is 0.567. The Hall–Kier alpha value is -1.30. The maximum absolute atomic E-state index is 2.45. The summed E-state index contributed by atoms with van der Waals surface area (Å²) in [7, 11) is 0. The number of aryl methyl sites for hydroxylation is 2. The van der Waals surface area contributed by atoms with Gasteiger partial charge < -0.3 is 0 Å². The van der Waals surface area contributed by atoms with Crippen molar-refractivity contribution in [1.29, 1.82) is 0 Å². The number of fused-ring (bicyclic) bond motifs is 2. The number of benzene rings is 1. The molecule has 21 heavy (non-hydrogen) atoms. The van der Waals surface area contributed by atoms with Crippen LogP contribution in [0.3, 0.4) is 0 Å². The highest BCUT2D eigenvalue weighted by atomic mass is 14.2. The lowest BCUT2D eigenvalue weighted by molar-refractivity contribution is 0.578. The van der Waals surface area contributed by atoms with Gasteiger partial charge in [-0.15, -0.1) is 0 Å². The molecule has 0 aliphatic heterocycles. The van der Waals surface area contributed by atoms with Crippen molar-refractivity contribution in [2.45, 2.75) is 59.8 Å². The minimum absolute atomic E-state index is 0.715. The SMILES string of the molecule is CC.CCC1C=Cc2cc3c(cc2CC1)C=CC(C)CC3. The van der Waals surface area contributed by atoms with Gasteiger partial charge in [0, 0.05) is 0 Å². The van der Waals surface area contributed by atoms with Crippen LogP contribution in [0, 0.1) is 11.8 Å². The van der Waals surface area contributed by atoms with Crippen molar-refractivity contribution in [2.24, 2.45) is 11.8 Å². The van der Waals surface area contributed by atoms with Crippen LogP contribution in [0.5, 0.6) is 0 Å². The average Bonchev–Trinajstić information content (AvgIpc) is 2.83. The Morgan fingerprint density at radius 1 is 0.905 bits per heavy atom. The third-order valence-electron chi connectivity index (χ3n) is 4.73. The molecule has 0 nitrogen and oxygen atoms in total. The van der Waals surface area contributed by atoms with E-state index in [2.05, 4.69) is 50.3 Å². The number of hydrogen-bond acceptors (Lipinski definition) is 0. The molecule has 3 rings (SSSR count). The molecule has 0 fully saturated rings. The second kappa shape index (κ2) is 7.64. The first-order valence-electron chi connectivity index (χ1n) is 8.78. The van der Waals surface area contributed by atoms with Crippen LogP contribution in [-0.2, 0) is 12.8 Å². The maximum atomic E-state index is 2.45. The van der Waals surface area contributed by atoms with Crippen molar-refractivity contribution in [2.75, 3.05) is 0 Å². The van der Waals surface area contributed by atoms with E-state index in [9.17, 15) is 0 Å². The zero-order chi connectivity index (χ0) is 15.2. The Kier molecular flexibility index (Phi) is 5.85. The van der Waals surface area contributed by atoms with Gasteiger partial charge in [-0.1, -0.05) is 64.1 Å². The smallest absolute Gasteiger partial charge is 0.0224 e. The summed E-state index contributed by atoms with van der Waals surface area (Å²) >= 11 is 0. The van der Waals surface area contributed by atoms with Crippen LogP contribution < -0.4 is 0 Å². The number of allylic oxidation sites excluding steroid dienone is 2. The summed E-state index contributed by atoms with van der Waals surface area (Å²) in [4.78, 5) is 0. The molecular formula is C21H30. The van der Waals surface area contributed by atoms with E-state index in [1.807, 2.05) is 13.8 Å². The molecule has 1 aromatic rings. The van der Waals surface area contributed by atoms with Gasteiger partial charge in [0.15, 0.2) is 0 Å². The monoisotopic (exact) mass is 282 g/mol. The van der Waals surface area contributed by atoms with Crippen molar-refractivity contribution in [3.05, 3.63) is 46.5 Å². The summed E-state index contributed by atoms with van der Waals surface area (Å²) in [5.41, 5.74) is 6.02. The van der Waals surface area contributed by atoms with E-state index in [4.69, 9.17) is 0 Å². The van der Waals surface area contributed by atoms with Crippen LogP contribution in [0.25, 0.3) is 12.2 Å². The molecule has 0 radical (unpaired) electrons. The number of rotatable bonds is 1. The normalized spacial score (nSPS) is 23.2. The molecule has 0 heteroatoms. The predicted molar refractivity (Wildman–Crippen MR) is 95.4 cm³/mol. The molecule has 0 bridgehead atoms. The fourth-order valence-corrected chi connectivity index (χ4v) is 3.24. The fraction of sp³-hybridized carbons (Fsp3) is 0.524. The Balaban J connectivity index is 0.000000774. The average molecular weight is 282 g/mol. The molecule has 0 N–H and O–H groups in total. The first-order valence-corrected chi connectivity index (χ1v) is 8.78. The van der Waals surface area contributed by atoms with E-state index < -0.39 is 0 Å². The lowest BCUT2D eigenvalue weighted by Gasteiger charge is -2.11. The molecule has 114 valence electrons. The second-order valence-corrected chi connectivity index (χ2v) is 6.19. The highest BCUT2D eigenvalue weighted by Crippen LogP contribution is 2.30. The molecule has 0 aromatic heterocycles. The van der Waals surface area contributed by atoms with Crippen LogP contribution in [0.15, 0.2) is 24.3 Å². The molecule has 2 unspecified atom stereocenters. The van der Waals surface area contributed by atoms with Gasteiger partial charge in [-0.25, -0.2) is 0 Å². The summed E-state index contributed by atoms with van der Waals surface area (Å²) in [6.07, 6.45) is 15.8. The fourth-order valence-electron chi connectivity index (χ4n) is 3.24. The van der Waals surface area contributed by atoms with Gasteiger partial charge in [-0.3, -0.25) is 0 Å². The van der Waals surface area contributed by atoms with E-state index in [1.54, 1.807) is 11.1 Å². The summed E-state index contributed by atoms with van der Waals surface area (Å²) in [6.45, 7) is 8.61. The first kappa shape index (κ1) is 16.1. The highest BCUT2D eigenvalue weighted by molar-refractivity contribution is 5.64. The minimum Gasteiger partial charge on any atom is -0.0811 e. The van der Waals surface area contributed by atoms with Gasteiger partial charge >= 0.3 is 0 Å². The van der Waals surface area contributed by atoms with Gasteiger partial charge in [-0.05, 0) is 66.2 Å². The Labute approximate surface area is 131 Å². The Morgan fingerprint density at radius 2 is 1.48 bits per heavy atom. The molecular weight excluding hydrogens is 252 g/mol. The second-order valence-electron chi connectivity index (χ2n) is 6.19. The van der Waals surface area contributed by atoms with Crippen molar-refractivity contribution >= 4 is 12.2 Å². The van der Waals surface area contributed by atoms with E-state index in [0.717, 1.165) is 5.92 Å². The number of hydrogen-bond donors (Lipinski definition) is 0. The summed E-state index contributed by atoms with van der Waals surface area (Å²) in [5.74, 6) is 1.48. The zero-order valence-electron chi connectivity index (χ0n) is 14.2. The maximum Gasteiger partial charge on any atom is -0.0224 e. The molecule has 0 saturated heterocycles. The van der Waals surface area contributed by atoms with Crippen LogP contribution >= 0.6 is 0 Å². The standard InChI is InChI=1S/C19H24.C2H6/c1-3-15-6-10-18-12-16-8-4-14(2)5-9-17(16)13-19(18)11-7-15;1-2/h4,7-8,11-15H,3,5-6,9-10H2,1-2H3;1-2H3. The Bertz CT molecular complexity index is 519. The predicted octanol–water partition coefficient (Wildman–Crippen LogP) is 6.29. The Morgan fingerprint density at radius 3 is 2.10 bits per heavy atom. The minimum atomic E-state index is 0.715. The van der Waals surface area contributed by atoms with E-state index in [0.29, 0.717) is 5.92 Å². The molecule has 1 aromatic carbocycles. The van der Waals surface area contributed by atoms with Crippen molar-refractivity contribution in [3.63, 3.8) is 0 Å². The molecule has 0 saturated carbocycles. The zero-order valence-corrected chi connectivity index (χ0v) is 14.2. The van der Waals surface area contributed by atoms with E-state index in [-0.39, 0.29) is 0 Å². The molecule has 2 aliphatic carbocycles. The molecule has 2 aliphatic rings. The van der Waals surface area contributed by atoms with Crippen LogP contribution in [0.2, 0.25) is 0 Å². The molecule has 0 spiro atoms. The van der Waals surface area contributed by atoms with E-state index in [1.165, 1.54) is 43.2 Å². The van der Waals surface area contributed by atoms with Gasteiger partial charge in [-0.2, -0.15) is 0 Å². The lowest BCUT2D eigenvalue weighted by Crippen LogP contribution is -1.98. The van der Waals surface area contributed by atoms with Gasteiger partial charge in [0.1, 0.15) is 0 Å². The van der Waals surface area contributed by atoms with Crippen molar-refractivity contribution in [3.8, 4) is 0 Å². The van der Waals surface area contributed by atoms with Gasteiger partial charge in [0.2, 0.25) is 0 Å². The van der Waals surface area contributed by atoms with Crippen molar-refractivity contribution in [1.82, 2.24) is 0 Å². The summed E-state index contributed by atoms with van der Waals surface area (Å²) in [5, 5.41) is 0. The van der Waals surface area contributed by atoms with Crippen molar-refractivity contribution < 1.29 is 0 Å². The summed E-state index contributed by atoms with van der Waals surface area (Å²) < 4.78 is 0. The van der Waals surface area contributed by atoms with Gasteiger partial charge in [0.25, 0.3) is 0 Å². The van der Waals surface area contributed by atoms with E-state index >= 15 is 0 Å². The lowest BCUT2D eigenvalue weighted by atomic mass is 9.94. The topological polar surface area (TPSA) is 0 Å². The highest BCUT2D eigenvalue weighted by Gasteiger charge is 2.14. The van der Waals surface area contributed by atoms with Crippen LogP contribution in [-0.4, -0.2) is 0 Å². The third kappa shape index (κ3) is 3.87. The molecule has 2 atom stereocenters. The first-order chi connectivity index (χ1) is 10.3. The van der Waals surface area contributed by atoms with Crippen LogP contribution in [0.1, 0.15) is 69.2 Å². The third-order valence-corrected chi connectivity index (χ3v) is 4.73. The van der Waals surface area contributed by atoms with Crippen LogP contribution in [0.4, 0.5) is 0 Å². The largest absolute Gasteiger partial charge is 0.0811 e. The van der Waals surface area contributed by atoms with Gasteiger partial charge in [0.05, 0.1) is 0 Å². The molecule has 0 heterocycles. The molecule has 0 amide bonds.